The Morgan fingerprint density at radius 2 is 1.40 bits per heavy atom. The minimum atomic E-state index is -1.67. The molecule has 0 aromatic carbocycles. The molecular formula is C47H76O16. The summed E-state index contributed by atoms with van der Waals surface area (Å²) in [7, 11) is 0. The molecule has 7 fully saturated rings. The first-order valence-corrected chi connectivity index (χ1v) is 23.6. The molecule has 63 heavy (non-hydrogen) atoms. The van der Waals surface area contributed by atoms with Crippen molar-refractivity contribution in [3.63, 3.8) is 0 Å². The smallest absolute Gasteiger partial charge is 0.315 e. The molecule has 0 aromatic rings. The Labute approximate surface area is 371 Å². The average Bonchev–Trinajstić information content (AvgIpc) is 3.22. The predicted octanol–water partition coefficient (Wildman–Crippen LogP) is 1.81. The summed E-state index contributed by atoms with van der Waals surface area (Å²) in [6, 6.07) is 0. The number of allylic oxidation sites excluding steroid dienone is 2. The first kappa shape index (κ1) is 48.1. The van der Waals surface area contributed by atoms with Gasteiger partial charge in [-0.05, 0) is 116 Å². The molecule has 360 valence electrons. The zero-order valence-corrected chi connectivity index (χ0v) is 38.3. The van der Waals surface area contributed by atoms with Gasteiger partial charge in [-0.2, -0.15) is 0 Å². The molecule has 3 heterocycles. The van der Waals surface area contributed by atoms with Gasteiger partial charge in [-0.15, -0.1) is 0 Å². The normalized spacial score (nSPS) is 54.1. The molecule has 3 saturated heterocycles. The summed E-state index contributed by atoms with van der Waals surface area (Å²) in [5.74, 6) is -0.0328. The van der Waals surface area contributed by atoms with E-state index < -0.39 is 104 Å². The molecule has 5 aliphatic carbocycles. The van der Waals surface area contributed by atoms with Crippen LogP contribution in [0.5, 0.6) is 0 Å². The van der Waals surface area contributed by atoms with E-state index in [1.807, 2.05) is 0 Å². The maximum atomic E-state index is 14.7. The molecular weight excluding hydrogens is 821 g/mol. The molecule has 0 aromatic heterocycles. The lowest BCUT2D eigenvalue weighted by Crippen LogP contribution is -2.66. The van der Waals surface area contributed by atoms with Gasteiger partial charge in [0.05, 0.1) is 30.8 Å². The molecule has 22 atom stereocenters. The monoisotopic (exact) mass is 897 g/mol. The van der Waals surface area contributed by atoms with Crippen molar-refractivity contribution in [1.29, 1.82) is 0 Å². The third-order valence-corrected chi connectivity index (χ3v) is 18.9. The lowest BCUT2D eigenvalue weighted by molar-refractivity contribution is -0.367. The Morgan fingerprint density at radius 1 is 0.714 bits per heavy atom. The van der Waals surface area contributed by atoms with Crippen LogP contribution in [0.25, 0.3) is 0 Å². The molecule has 0 spiro atoms. The van der Waals surface area contributed by atoms with Crippen molar-refractivity contribution in [2.75, 3.05) is 13.2 Å². The topological polar surface area (TPSA) is 255 Å². The van der Waals surface area contributed by atoms with Gasteiger partial charge >= 0.3 is 5.97 Å². The van der Waals surface area contributed by atoms with Crippen LogP contribution in [0.1, 0.15) is 120 Å². The van der Waals surface area contributed by atoms with Crippen LogP contribution in [0.4, 0.5) is 0 Å². The third-order valence-electron chi connectivity index (χ3n) is 18.9. The van der Waals surface area contributed by atoms with Crippen molar-refractivity contribution in [2.24, 2.45) is 50.2 Å². The van der Waals surface area contributed by atoms with Gasteiger partial charge in [0.15, 0.2) is 12.6 Å². The highest BCUT2D eigenvalue weighted by Gasteiger charge is 2.70. The number of aliphatic hydroxyl groups is 9. The van der Waals surface area contributed by atoms with Gasteiger partial charge in [-0.1, -0.05) is 60.1 Å². The lowest BCUT2D eigenvalue weighted by Gasteiger charge is -2.71. The van der Waals surface area contributed by atoms with Crippen molar-refractivity contribution >= 4 is 5.97 Å². The molecule has 4 saturated carbocycles. The average molecular weight is 897 g/mol. The van der Waals surface area contributed by atoms with E-state index in [1.54, 1.807) is 6.92 Å². The molecule has 0 radical (unpaired) electrons. The van der Waals surface area contributed by atoms with Gasteiger partial charge in [0.1, 0.15) is 61.0 Å². The summed E-state index contributed by atoms with van der Waals surface area (Å²) in [4.78, 5) is 14.7. The number of aliphatic hydroxyl groups excluding tert-OH is 9. The number of rotatable bonds is 7. The van der Waals surface area contributed by atoms with Crippen molar-refractivity contribution < 1.29 is 79.2 Å². The van der Waals surface area contributed by atoms with E-state index in [2.05, 4.69) is 54.5 Å². The SMILES string of the molecule is C[C@H]1O[C@@H](O[C@H]2CC[C@@]3(C)C(CC[C@]4(C)C3CC=C3C5CC(C)(C)CC[C@]5(C(=O)O[C@@H]5O[C@H](CO)[C@@H](O)[C@H](O)[C@H]5O)CC[C@]34C)C2(C)C)[C@@H](O[C@H]2OC[C@H](O)[C@H](O)[C@H]2O)[C@@H](O)[C@@H]1O. The number of carbonyl (C=O) groups excluding carboxylic acids is 1. The molecule has 3 aliphatic heterocycles. The Balaban J connectivity index is 1.04. The molecule has 16 nitrogen and oxygen atoms in total. The van der Waals surface area contributed by atoms with Crippen LogP contribution in [0.15, 0.2) is 11.6 Å². The Hall–Kier alpha value is -1.35. The van der Waals surface area contributed by atoms with Gasteiger partial charge in [-0.3, -0.25) is 4.79 Å². The molecule has 0 bridgehead atoms. The molecule has 8 aliphatic rings. The van der Waals surface area contributed by atoms with E-state index in [0.29, 0.717) is 25.2 Å². The van der Waals surface area contributed by atoms with Crippen molar-refractivity contribution in [1.82, 2.24) is 0 Å². The Bertz CT molecular complexity index is 1720. The number of hydrogen-bond acceptors (Lipinski definition) is 16. The largest absolute Gasteiger partial charge is 0.432 e. The highest BCUT2D eigenvalue weighted by molar-refractivity contribution is 5.79. The number of fused-ring (bicyclic) bond motifs is 7. The summed E-state index contributed by atoms with van der Waals surface area (Å²) in [5, 5.41) is 94.7. The Morgan fingerprint density at radius 3 is 2.10 bits per heavy atom. The second-order valence-electron chi connectivity index (χ2n) is 23.0. The standard InChI is InChI=1S/C47H76O16/c1-22-30(50)34(54)37(62-38-35(55)31(51)25(49)21-58-38)40(59-22)61-29-12-13-44(6)27(43(29,4)5)11-14-46(8)28(44)10-9-23-24-19-42(2,3)15-17-47(24,18-16-45(23,46)7)41(57)63-39-36(56)33(53)32(52)26(20-48)60-39/h9,22,24-40,48-56H,10-21H2,1-8H3/t22-,24?,25+,26-,27?,28?,29+,30-,31+,32-,33+,34+,35-,36-,37+,38-,39+,40+,44+,45-,46-,47+/m1/s1. The summed E-state index contributed by atoms with van der Waals surface area (Å²) in [6.45, 7) is 17.1. The first-order chi connectivity index (χ1) is 29.4. The van der Waals surface area contributed by atoms with Crippen LogP contribution < -0.4 is 0 Å². The number of esters is 1. The van der Waals surface area contributed by atoms with Crippen molar-refractivity contribution in [2.45, 2.75) is 212 Å². The molecule has 9 N–H and O–H groups in total. The fourth-order valence-electron chi connectivity index (χ4n) is 14.7. The summed E-state index contributed by atoms with van der Waals surface area (Å²) >= 11 is 0. The van der Waals surface area contributed by atoms with E-state index in [9.17, 15) is 50.8 Å². The van der Waals surface area contributed by atoms with Crippen LogP contribution in [0.2, 0.25) is 0 Å². The summed E-state index contributed by atoms with van der Waals surface area (Å²) < 4.78 is 36.3. The Kier molecular flexibility index (Phi) is 12.8. The van der Waals surface area contributed by atoms with Crippen LogP contribution in [0.3, 0.4) is 0 Å². The van der Waals surface area contributed by atoms with Crippen LogP contribution in [-0.2, 0) is 33.2 Å². The lowest BCUT2D eigenvalue weighted by atomic mass is 9.33. The second kappa shape index (κ2) is 16.7. The van der Waals surface area contributed by atoms with Crippen LogP contribution in [0, 0.1) is 50.2 Å². The molecule has 3 unspecified atom stereocenters. The number of carbonyl (C=O) groups is 1. The summed E-state index contributed by atoms with van der Waals surface area (Å²) in [5.41, 5.74) is -0.390. The molecule has 8 rings (SSSR count). The van der Waals surface area contributed by atoms with Gasteiger partial charge in [0.2, 0.25) is 6.29 Å². The van der Waals surface area contributed by atoms with E-state index in [0.717, 1.165) is 44.9 Å². The fraction of sp³-hybridized carbons (Fsp3) is 0.936. The van der Waals surface area contributed by atoms with E-state index >= 15 is 0 Å². The quantitative estimate of drug-likeness (QED) is 0.100. The first-order valence-electron chi connectivity index (χ1n) is 23.6. The number of hydrogen-bond donors (Lipinski definition) is 9. The van der Waals surface area contributed by atoms with Gasteiger partial charge in [0, 0.05) is 0 Å². The maximum absolute atomic E-state index is 14.7. The van der Waals surface area contributed by atoms with Gasteiger partial charge in [0.25, 0.3) is 0 Å². The van der Waals surface area contributed by atoms with E-state index in [4.69, 9.17) is 28.4 Å². The molecule has 16 heteroatoms. The van der Waals surface area contributed by atoms with E-state index in [-0.39, 0.29) is 51.6 Å². The van der Waals surface area contributed by atoms with Crippen LogP contribution in [-0.4, -0.2) is 157 Å². The third kappa shape index (κ3) is 7.51. The highest BCUT2D eigenvalue weighted by atomic mass is 16.8. The zero-order valence-electron chi connectivity index (χ0n) is 38.3. The van der Waals surface area contributed by atoms with E-state index in [1.165, 1.54) is 5.57 Å². The van der Waals surface area contributed by atoms with Crippen LogP contribution >= 0.6 is 0 Å². The highest BCUT2D eigenvalue weighted by Crippen LogP contribution is 2.76. The van der Waals surface area contributed by atoms with Crippen molar-refractivity contribution in [3.8, 4) is 0 Å². The zero-order chi connectivity index (χ0) is 46.0. The van der Waals surface area contributed by atoms with Crippen molar-refractivity contribution in [3.05, 3.63) is 11.6 Å². The second-order valence-corrected chi connectivity index (χ2v) is 23.0. The number of ether oxygens (including phenoxy) is 6. The summed E-state index contributed by atoms with van der Waals surface area (Å²) in [6.07, 6.45) is -9.40. The minimum Gasteiger partial charge on any atom is -0.432 e. The molecule has 0 amide bonds. The minimum absolute atomic E-state index is 0.0362. The van der Waals surface area contributed by atoms with Gasteiger partial charge in [-0.25, -0.2) is 0 Å². The van der Waals surface area contributed by atoms with Gasteiger partial charge < -0.3 is 74.4 Å². The maximum Gasteiger partial charge on any atom is 0.315 e. The fourth-order valence-corrected chi connectivity index (χ4v) is 14.7. The predicted molar refractivity (Wildman–Crippen MR) is 223 cm³/mol.